The summed E-state index contributed by atoms with van der Waals surface area (Å²) < 4.78 is 28.8. The van der Waals surface area contributed by atoms with Gasteiger partial charge < -0.3 is 14.2 Å². The van der Waals surface area contributed by atoms with Gasteiger partial charge in [-0.2, -0.15) is 0 Å². The van der Waals surface area contributed by atoms with Gasteiger partial charge in [-0.25, -0.2) is 14.0 Å². The number of carbonyl (C=O) groups excluding carboxylic acids is 2. The molecule has 0 saturated carbocycles. The molecule has 1 rings (SSSR count). The van der Waals surface area contributed by atoms with E-state index in [0.29, 0.717) is 13.0 Å². The maximum Gasteiger partial charge on any atom is 0.410 e. The molecule has 1 amide bonds. The fraction of sp³-hybridized carbons (Fsp3) is 0.750. The third kappa shape index (κ3) is 7.45. The molecule has 7 heteroatoms. The number of carbonyl (C=O) groups is 2. The largest absolute Gasteiger partial charge is 0.466 e. The number of alkyl halides is 1. The number of likely N-dealkylation sites (tertiary alicyclic amines) is 1. The van der Waals surface area contributed by atoms with Gasteiger partial charge in [0.05, 0.1) is 32.9 Å². The maximum atomic E-state index is 13.6. The molecule has 0 aromatic rings. The Morgan fingerprint density at radius 1 is 1.35 bits per heavy atom. The Balaban J connectivity index is 2.37. The third-order valence-corrected chi connectivity index (χ3v) is 3.19. The molecule has 132 valence electrons. The first-order valence-electron chi connectivity index (χ1n) is 7.69. The van der Waals surface area contributed by atoms with Crippen molar-refractivity contribution in [3.05, 3.63) is 12.2 Å². The molecule has 0 unspecified atom stereocenters. The van der Waals surface area contributed by atoms with Crippen molar-refractivity contribution in [3.63, 3.8) is 0 Å². The van der Waals surface area contributed by atoms with Gasteiger partial charge in [-0.1, -0.05) is 6.08 Å². The summed E-state index contributed by atoms with van der Waals surface area (Å²) in [4.78, 5) is 24.3. The highest BCUT2D eigenvalue weighted by Gasteiger charge is 2.37. The van der Waals surface area contributed by atoms with Crippen molar-refractivity contribution in [2.45, 2.75) is 51.4 Å². The number of esters is 1. The summed E-state index contributed by atoms with van der Waals surface area (Å²) in [7, 11) is 1.31. The number of rotatable bonds is 6. The molecule has 6 nitrogen and oxygen atoms in total. The van der Waals surface area contributed by atoms with E-state index in [1.807, 2.05) is 0 Å². The predicted octanol–water partition coefficient (Wildman–Crippen LogP) is 2.47. The summed E-state index contributed by atoms with van der Waals surface area (Å²) in [6, 6.07) is -0.329. The van der Waals surface area contributed by atoms with Gasteiger partial charge in [-0.05, 0) is 27.2 Å². The Labute approximate surface area is 136 Å². The van der Waals surface area contributed by atoms with E-state index in [1.165, 1.54) is 18.1 Å². The summed E-state index contributed by atoms with van der Waals surface area (Å²) in [5.41, 5.74) is -0.616. The van der Waals surface area contributed by atoms with Crippen LogP contribution in [0.4, 0.5) is 9.18 Å². The molecule has 0 aromatic carbocycles. The summed E-state index contributed by atoms with van der Waals surface area (Å²) in [5.74, 6) is -0.419. The standard InChI is InChI=1S/C16H26FNO5/c1-16(2,3)23-15(20)18-10-12(17)9-13(18)11-22-8-6-5-7-14(19)21-4/h5,7,12-13H,6,8-11H2,1-4H3/t12-,13-/m0/s1. The van der Waals surface area contributed by atoms with Crippen molar-refractivity contribution in [3.8, 4) is 0 Å². The minimum Gasteiger partial charge on any atom is -0.466 e. The highest BCUT2D eigenvalue weighted by Crippen LogP contribution is 2.23. The number of nitrogens with zero attached hydrogens (tertiary/aromatic N) is 1. The first-order valence-corrected chi connectivity index (χ1v) is 7.69. The smallest absolute Gasteiger partial charge is 0.410 e. The number of hydrogen-bond donors (Lipinski definition) is 0. The molecule has 0 N–H and O–H groups in total. The van der Waals surface area contributed by atoms with E-state index in [9.17, 15) is 14.0 Å². The van der Waals surface area contributed by atoms with Crippen LogP contribution in [0.25, 0.3) is 0 Å². The molecule has 0 aliphatic carbocycles. The lowest BCUT2D eigenvalue weighted by atomic mass is 10.2. The minimum atomic E-state index is -1.06. The second-order valence-electron chi connectivity index (χ2n) is 6.41. The summed E-state index contributed by atoms with van der Waals surface area (Å²) in [5, 5.41) is 0. The first kappa shape index (κ1) is 19.4. The van der Waals surface area contributed by atoms with Crippen LogP contribution >= 0.6 is 0 Å². The van der Waals surface area contributed by atoms with Crippen LogP contribution in [0.2, 0.25) is 0 Å². The Morgan fingerprint density at radius 2 is 2.04 bits per heavy atom. The monoisotopic (exact) mass is 331 g/mol. The molecule has 0 bridgehead atoms. The quantitative estimate of drug-likeness (QED) is 0.425. The predicted molar refractivity (Wildman–Crippen MR) is 82.8 cm³/mol. The van der Waals surface area contributed by atoms with Crippen LogP contribution in [0.1, 0.15) is 33.6 Å². The zero-order valence-electron chi connectivity index (χ0n) is 14.2. The van der Waals surface area contributed by atoms with Gasteiger partial charge in [0.2, 0.25) is 0 Å². The number of halogens is 1. The maximum absolute atomic E-state index is 13.6. The van der Waals surface area contributed by atoms with Crippen LogP contribution in [0, 0.1) is 0 Å². The van der Waals surface area contributed by atoms with E-state index >= 15 is 0 Å². The Kier molecular flexibility index (Phi) is 7.48. The number of methoxy groups -OCH3 is 1. The van der Waals surface area contributed by atoms with Crippen molar-refractivity contribution >= 4 is 12.1 Å². The van der Waals surface area contributed by atoms with Crippen molar-refractivity contribution in [2.75, 3.05) is 26.9 Å². The van der Waals surface area contributed by atoms with E-state index in [-0.39, 0.29) is 25.6 Å². The molecule has 23 heavy (non-hydrogen) atoms. The van der Waals surface area contributed by atoms with Gasteiger partial charge in [0.25, 0.3) is 0 Å². The van der Waals surface area contributed by atoms with Crippen molar-refractivity contribution in [1.82, 2.24) is 4.90 Å². The Hall–Kier alpha value is -1.63. The summed E-state index contributed by atoms with van der Waals surface area (Å²) in [6.07, 6.45) is 2.17. The molecular weight excluding hydrogens is 305 g/mol. The van der Waals surface area contributed by atoms with Gasteiger partial charge >= 0.3 is 12.1 Å². The van der Waals surface area contributed by atoms with Gasteiger partial charge in [0.15, 0.2) is 0 Å². The number of amides is 1. The molecule has 1 heterocycles. The SMILES string of the molecule is COC(=O)C=CCCOC[C@@H]1C[C@H](F)CN1C(=O)OC(C)(C)C. The van der Waals surface area contributed by atoms with E-state index in [4.69, 9.17) is 9.47 Å². The Bertz CT molecular complexity index is 433. The summed E-state index contributed by atoms with van der Waals surface area (Å²) >= 11 is 0. The van der Waals surface area contributed by atoms with Gasteiger partial charge in [0.1, 0.15) is 11.8 Å². The van der Waals surface area contributed by atoms with Crippen LogP contribution in [-0.2, 0) is 19.0 Å². The highest BCUT2D eigenvalue weighted by atomic mass is 19.1. The van der Waals surface area contributed by atoms with Crippen molar-refractivity contribution in [2.24, 2.45) is 0 Å². The molecule has 1 aliphatic rings. The summed E-state index contributed by atoms with van der Waals surface area (Å²) in [6.45, 7) is 5.97. The third-order valence-electron chi connectivity index (χ3n) is 3.19. The average molecular weight is 331 g/mol. The first-order chi connectivity index (χ1) is 10.7. The number of hydrogen-bond acceptors (Lipinski definition) is 5. The second kappa shape index (κ2) is 8.86. The second-order valence-corrected chi connectivity index (χ2v) is 6.41. The van der Waals surface area contributed by atoms with E-state index in [1.54, 1.807) is 26.8 Å². The lowest BCUT2D eigenvalue weighted by Gasteiger charge is -2.28. The van der Waals surface area contributed by atoms with E-state index in [2.05, 4.69) is 4.74 Å². The zero-order valence-corrected chi connectivity index (χ0v) is 14.2. The molecule has 2 atom stereocenters. The van der Waals surface area contributed by atoms with Gasteiger partial charge in [-0.15, -0.1) is 0 Å². The average Bonchev–Trinajstić information content (AvgIpc) is 2.81. The van der Waals surface area contributed by atoms with Crippen LogP contribution in [0.3, 0.4) is 0 Å². The van der Waals surface area contributed by atoms with Crippen LogP contribution in [0.15, 0.2) is 12.2 Å². The minimum absolute atomic E-state index is 0.0329. The van der Waals surface area contributed by atoms with Gasteiger partial charge in [0, 0.05) is 12.5 Å². The molecule has 1 aliphatic heterocycles. The molecule has 1 fully saturated rings. The normalized spacial score (nSPS) is 21.7. The lowest BCUT2D eigenvalue weighted by Crippen LogP contribution is -2.42. The molecule has 1 saturated heterocycles. The highest BCUT2D eigenvalue weighted by molar-refractivity contribution is 5.81. The topological polar surface area (TPSA) is 65.1 Å². The fourth-order valence-electron chi connectivity index (χ4n) is 2.18. The molecule has 0 aromatic heterocycles. The van der Waals surface area contributed by atoms with Gasteiger partial charge in [-0.3, -0.25) is 4.90 Å². The van der Waals surface area contributed by atoms with E-state index < -0.39 is 23.8 Å². The zero-order chi connectivity index (χ0) is 17.5. The van der Waals surface area contributed by atoms with Crippen LogP contribution < -0.4 is 0 Å². The molecular formula is C16H26FNO5. The fourth-order valence-corrected chi connectivity index (χ4v) is 2.18. The van der Waals surface area contributed by atoms with E-state index in [0.717, 1.165) is 0 Å². The van der Waals surface area contributed by atoms with Crippen molar-refractivity contribution in [1.29, 1.82) is 0 Å². The van der Waals surface area contributed by atoms with Crippen LogP contribution in [0.5, 0.6) is 0 Å². The lowest BCUT2D eigenvalue weighted by molar-refractivity contribution is -0.134. The molecule has 0 radical (unpaired) electrons. The van der Waals surface area contributed by atoms with Crippen molar-refractivity contribution < 1.29 is 28.2 Å². The van der Waals surface area contributed by atoms with Crippen LogP contribution in [-0.4, -0.2) is 61.6 Å². The number of ether oxygens (including phenoxy) is 3. The Morgan fingerprint density at radius 3 is 2.65 bits per heavy atom. The molecule has 0 spiro atoms.